The third kappa shape index (κ3) is 2.84. The zero-order chi connectivity index (χ0) is 13.1. The minimum atomic E-state index is 0.511. The van der Waals surface area contributed by atoms with Crippen molar-refractivity contribution in [3.05, 3.63) is 30.2 Å². The first-order valence-corrected chi connectivity index (χ1v) is 6.88. The van der Waals surface area contributed by atoms with Gasteiger partial charge in [0.1, 0.15) is 0 Å². The maximum atomic E-state index is 5.59. The van der Waals surface area contributed by atoms with E-state index in [1.807, 2.05) is 30.1 Å². The minimum Gasteiger partial charge on any atom is -0.424 e. The van der Waals surface area contributed by atoms with Crippen molar-refractivity contribution in [2.45, 2.75) is 45.3 Å². The number of rotatable bonds is 5. The van der Waals surface area contributed by atoms with Gasteiger partial charge in [-0.2, -0.15) is 5.10 Å². The highest BCUT2D eigenvalue weighted by atomic mass is 16.4. The molecule has 0 saturated carbocycles. The van der Waals surface area contributed by atoms with Crippen LogP contribution >= 0.6 is 0 Å². The molecule has 1 unspecified atom stereocenters. The average molecular weight is 261 g/mol. The second kappa shape index (κ2) is 5.52. The number of nitrogens with zero attached hydrogens (tertiary/aromatic N) is 5. The van der Waals surface area contributed by atoms with Gasteiger partial charge in [0, 0.05) is 24.9 Å². The summed E-state index contributed by atoms with van der Waals surface area (Å²) in [5, 5.41) is 12.4. The Morgan fingerprint density at radius 2 is 2.26 bits per heavy atom. The lowest BCUT2D eigenvalue weighted by Crippen LogP contribution is -2.32. The lowest BCUT2D eigenvalue weighted by Gasteiger charge is -2.22. The van der Waals surface area contributed by atoms with Crippen LogP contribution in [-0.4, -0.2) is 37.5 Å². The van der Waals surface area contributed by atoms with Crippen molar-refractivity contribution < 1.29 is 4.42 Å². The standard InChI is InChI=1S/C13H19N5O/c1-2-12-15-16-13(19-12)10-17-7-3-5-11(17)9-18-8-4-6-14-18/h4,6,8,11H,2-3,5,7,9-10H2,1H3. The Bertz CT molecular complexity index is 507. The normalized spacial score (nSPS) is 20.2. The van der Waals surface area contributed by atoms with Crippen molar-refractivity contribution in [1.82, 2.24) is 24.9 Å². The van der Waals surface area contributed by atoms with Gasteiger partial charge in [-0.15, -0.1) is 10.2 Å². The van der Waals surface area contributed by atoms with Gasteiger partial charge in [0.25, 0.3) is 0 Å². The zero-order valence-corrected chi connectivity index (χ0v) is 11.2. The molecule has 2 aromatic heterocycles. The third-order valence-corrected chi connectivity index (χ3v) is 3.61. The summed E-state index contributed by atoms with van der Waals surface area (Å²) in [5.41, 5.74) is 0. The van der Waals surface area contributed by atoms with E-state index in [-0.39, 0.29) is 0 Å². The molecule has 1 aliphatic heterocycles. The van der Waals surface area contributed by atoms with Gasteiger partial charge in [-0.3, -0.25) is 9.58 Å². The second-order valence-electron chi connectivity index (χ2n) is 4.94. The van der Waals surface area contributed by atoms with E-state index >= 15 is 0 Å². The number of hydrogen-bond donors (Lipinski definition) is 0. The molecule has 0 aromatic carbocycles. The molecule has 1 aliphatic rings. The molecule has 1 fully saturated rings. The molecule has 3 heterocycles. The molecule has 6 heteroatoms. The molecule has 3 rings (SSSR count). The molecule has 0 amide bonds. The van der Waals surface area contributed by atoms with Crippen molar-refractivity contribution in [2.75, 3.05) is 6.54 Å². The summed E-state index contributed by atoms with van der Waals surface area (Å²) in [4.78, 5) is 2.41. The van der Waals surface area contributed by atoms with Crippen LogP contribution in [0.2, 0.25) is 0 Å². The minimum absolute atomic E-state index is 0.511. The van der Waals surface area contributed by atoms with E-state index in [4.69, 9.17) is 4.42 Å². The van der Waals surface area contributed by atoms with Crippen LogP contribution in [0.25, 0.3) is 0 Å². The molecule has 0 radical (unpaired) electrons. The summed E-state index contributed by atoms with van der Waals surface area (Å²) in [6.45, 7) is 4.80. The summed E-state index contributed by atoms with van der Waals surface area (Å²) >= 11 is 0. The maximum absolute atomic E-state index is 5.59. The molecule has 0 bridgehead atoms. The molecule has 1 saturated heterocycles. The van der Waals surface area contributed by atoms with Crippen LogP contribution < -0.4 is 0 Å². The first-order valence-electron chi connectivity index (χ1n) is 6.88. The van der Waals surface area contributed by atoms with Gasteiger partial charge in [0.2, 0.25) is 11.8 Å². The quantitative estimate of drug-likeness (QED) is 0.816. The fraction of sp³-hybridized carbons (Fsp3) is 0.615. The number of hydrogen-bond acceptors (Lipinski definition) is 5. The van der Waals surface area contributed by atoms with E-state index in [2.05, 4.69) is 20.2 Å². The number of aromatic nitrogens is 4. The Hall–Kier alpha value is -1.69. The summed E-state index contributed by atoms with van der Waals surface area (Å²) in [7, 11) is 0. The van der Waals surface area contributed by atoms with E-state index in [9.17, 15) is 0 Å². The molecule has 6 nitrogen and oxygen atoms in total. The Labute approximate surface area is 112 Å². The van der Waals surface area contributed by atoms with E-state index < -0.39 is 0 Å². The molecule has 0 aliphatic carbocycles. The Balaban J connectivity index is 1.62. The van der Waals surface area contributed by atoms with E-state index in [0.29, 0.717) is 6.04 Å². The van der Waals surface area contributed by atoms with Crippen molar-refractivity contribution in [3.8, 4) is 0 Å². The Morgan fingerprint density at radius 1 is 1.37 bits per heavy atom. The second-order valence-corrected chi connectivity index (χ2v) is 4.94. The van der Waals surface area contributed by atoms with E-state index in [1.165, 1.54) is 12.8 Å². The van der Waals surface area contributed by atoms with Crippen LogP contribution in [0.3, 0.4) is 0 Å². The van der Waals surface area contributed by atoms with Gasteiger partial charge in [-0.25, -0.2) is 0 Å². The first kappa shape index (κ1) is 12.3. The van der Waals surface area contributed by atoms with Crippen LogP contribution in [-0.2, 0) is 19.5 Å². The van der Waals surface area contributed by atoms with Crippen LogP contribution in [0.1, 0.15) is 31.5 Å². The highest BCUT2D eigenvalue weighted by Gasteiger charge is 2.26. The van der Waals surface area contributed by atoms with Crippen molar-refractivity contribution in [2.24, 2.45) is 0 Å². The van der Waals surface area contributed by atoms with Crippen LogP contribution in [0.5, 0.6) is 0 Å². The van der Waals surface area contributed by atoms with Gasteiger partial charge < -0.3 is 4.42 Å². The molecule has 0 N–H and O–H groups in total. The molecule has 2 aromatic rings. The van der Waals surface area contributed by atoms with Crippen LogP contribution in [0.15, 0.2) is 22.9 Å². The fourth-order valence-electron chi connectivity index (χ4n) is 2.60. The molecule has 19 heavy (non-hydrogen) atoms. The monoisotopic (exact) mass is 261 g/mol. The van der Waals surface area contributed by atoms with Crippen LogP contribution in [0, 0.1) is 0 Å². The average Bonchev–Trinajstić information content (AvgIpc) is 3.14. The van der Waals surface area contributed by atoms with Crippen molar-refractivity contribution in [1.29, 1.82) is 0 Å². The third-order valence-electron chi connectivity index (χ3n) is 3.61. The largest absolute Gasteiger partial charge is 0.424 e. The Kier molecular flexibility index (Phi) is 3.59. The van der Waals surface area contributed by atoms with Gasteiger partial charge in [-0.1, -0.05) is 6.92 Å². The Morgan fingerprint density at radius 3 is 3.00 bits per heavy atom. The smallest absolute Gasteiger partial charge is 0.230 e. The van der Waals surface area contributed by atoms with E-state index in [1.54, 1.807) is 0 Å². The van der Waals surface area contributed by atoms with Gasteiger partial charge in [-0.05, 0) is 25.5 Å². The summed E-state index contributed by atoms with van der Waals surface area (Å²) in [6.07, 6.45) is 7.06. The predicted molar refractivity (Wildman–Crippen MR) is 69.3 cm³/mol. The van der Waals surface area contributed by atoms with Gasteiger partial charge >= 0.3 is 0 Å². The SMILES string of the molecule is CCc1nnc(CN2CCCC2Cn2cccn2)o1. The zero-order valence-electron chi connectivity index (χ0n) is 11.2. The number of likely N-dealkylation sites (tertiary alicyclic amines) is 1. The number of aryl methyl sites for hydroxylation is 1. The molecule has 1 atom stereocenters. The molecule has 0 spiro atoms. The maximum Gasteiger partial charge on any atom is 0.230 e. The molecule has 102 valence electrons. The summed E-state index contributed by atoms with van der Waals surface area (Å²) in [6, 6.07) is 2.47. The van der Waals surface area contributed by atoms with Gasteiger partial charge in [0.05, 0.1) is 13.1 Å². The first-order chi connectivity index (χ1) is 9.35. The lowest BCUT2D eigenvalue weighted by molar-refractivity contribution is 0.198. The highest BCUT2D eigenvalue weighted by Crippen LogP contribution is 2.21. The fourth-order valence-corrected chi connectivity index (χ4v) is 2.60. The molecular formula is C13H19N5O. The topological polar surface area (TPSA) is 60.0 Å². The highest BCUT2D eigenvalue weighted by molar-refractivity contribution is 4.87. The van der Waals surface area contributed by atoms with Crippen molar-refractivity contribution in [3.63, 3.8) is 0 Å². The lowest BCUT2D eigenvalue weighted by atomic mass is 10.2. The van der Waals surface area contributed by atoms with Crippen LogP contribution in [0.4, 0.5) is 0 Å². The van der Waals surface area contributed by atoms with E-state index in [0.717, 1.165) is 37.8 Å². The summed E-state index contributed by atoms with van der Waals surface area (Å²) in [5.74, 6) is 1.45. The van der Waals surface area contributed by atoms with Crippen molar-refractivity contribution >= 4 is 0 Å². The molecular weight excluding hydrogens is 242 g/mol. The summed E-state index contributed by atoms with van der Waals surface area (Å²) < 4.78 is 7.59. The van der Waals surface area contributed by atoms with Gasteiger partial charge in [0.15, 0.2) is 0 Å². The predicted octanol–water partition coefficient (Wildman–Crippen LogP) is 1.49.